The van der Waals surface area contributed by atoms with Crippen molar-refractivity contribution in [3.8, 4) is 11.5 Å². The first-order chi connectivity index (χ1) is 10.1. The molecule has 0 saturated heterocycles. The highest BCUT2D eigenvalue weighted by atomic mass is 35.5. The number of hydrogen-bond donors (Lipinski definition) is 5. The van der Waals surface area contributed by atoms with Gasteiger partial charge in [-0.1, -0.05) is 0 Å². The van der Waals surface area contributed by atoms with E-state index in [1.807, 2.05) is 6.07 Å². The summed E-state index contributed by atoms with van der Waals surface area (Å²) in [5.41, 5.74) is 1.73. The van der Waals surface area contributed by atoms with Gasteiger partial charge in [0.05, 0.1) is 12.2 Å². The summed E-state index contributed by atoms with van der Waals surface area (Å²) in [6, 6.07) is 3.11. The number of fused-ring (bicyclic) bond motifs is 4. The second-order valence-corrected chi connectivity index (χ2v) is 5.80. The van der Waals surface area contributed by atoms with E-state index in [4.69, 9.17) is 9.47 Å². The van der Waals surface area contributed by atoms with E-state index in [1.165, 1.54) is 0 Å². The van der Waals surface area contributed by atoms with Crippen LogP contribution in [0.1, 0.15) is 17.0 Å². The van der Waals surface area contributed by atoms with Crippen molar-refractivity contribution in [3.05, 3.63) is 23.3 Å². The summed E-state index contributed by atoms with van der Waals surface area (Å²) in [4.78, 5) is 0. The van der Waals surface area contributed by atoms with Crippen molar-refractivity contribution >= 4 is 12.4 Å². The number of aliphatic hydroxyl groups excluding tert-OH is 4. The zero-order valence-corrected chi connectivity index (χ0v) is 12.4. The maximum absolute atomic E-state index is 10.3. The molecule has 0 radical (unpaired) electrons. The summed E-state index contributed by atoms with van der Waals surface area (Å²) < 4.78 is 10.7. The molecule has 0 spiro atoms. The van der Waals surface area contributed by atoms with Crippen molar-refractivity contribution in [1.29, 1.82) is 0 Å². The van der Waals surface area contributed by atoms with Crippen LogP contribution in [0.2, 0.25) is 0 Å². The summed E-state index contributed by atoms with van der Waals surface area (Å²) in [6.07, 6.45) is -5.07. The monoisotopic (exact) mass is 331 g/mol. The van der Waals surface area contributed by atoms with Gasteiger partial charge < -0.3 is 35.2 Å². The van der Waals surface area contributed by atoms with E-state index < -0.39 is 36.4 Å². The lowest BCUT2D eigenvalue weighted by molar-refractivity contribution is -0.157. The molecule has 3 aliphatic rings. The molecule has 22 heavy (non-hydrogen) atoms. The number of rotatable bonds is 0. The third-order valence-electron chi connectivity index (χ3n) is 4.69. The minimum atomic E-state index is -1.39. The Balaban J connectivity index is 0.00000144. The fraction of sp³-hybridized carbons (Fsp3) is 0.571. The van der Waals surface area contributed by atoms with Crippen LogP contribution in [0.5, 0.6) is 11.5 Å². The topological polar surface area (TPSA) is 111 Å². The number of halogens is 1. The molecule has 1 aromatic carbocycles. The molecular formula is C14H18ClNO6. The van der Waals surface area contributed by atoms with Crippen LogP contribution in [0.15, 0.2) is 12.1 Å². The number of nitrogens with one attached hydrogen (secondary N) is 1. The molecule has 1 aliphatic carbocycles. The molecule has 0 unspecified atom stereocenters. The minimum absolute atomic E-state index is 0. The molecule has 122 valence electrons. The number of aliphatic hydroxyl groups is 4. The Morgan fingerprint density at radius 2 is 1.55 bits per heavy atom. The predicted octanol–water partition coefficient (Wildman–Crippen LogP) is -1.15. The molecule has 1 aromatic rings. The Morgan fingerprint density at radius 3 is 2.27 bits per heavy atom. The zero-order valence-electron chi connectivity index (χ0n) is 11.5. The van der Waals surface area contributed by atoms with Crippen molar-refractivity contribution in [1.82, 2.24) is 5.32 Å². The average Bonchev–Trinajstić information content (AvgIpc) is 2.94. The van der Waals surface area contributed by atoms with Crippen LogP contribution in [-0.2, 0) is 6.54 Å². The minimum Gasteiger partial charge on any atom is -0.454 e. The van der Waals surface area contributed by atoms with E-state index in [9.17, 15) is 20.4 Å². The Bertz CT molecular complexity index is 585. The lowest BCUT2D eigenvalue weighted by Crippen LogP contribution is -2.65. The fourth-order valence-corrected chi connectivity index (χ4v) is 3.57. The van der Waals surface area contributed by atoms with E-state index in [0.29, 0.717) is 18.0 Å². The maximum atomic E-state index is 10.3. The largest absolute Gasteiger partial charge is 0.454 e. The zero-order chi connectivity index (χ0) is 14.7. The molecule has 1 saturated carbocycles. The standard InChI is InChI=1S/C14H17NO6.ClH/c16-11-9-6-2-8-7(20-4-21-8)1-5(6)3-15-10(9)12(17)14(19)13(11)18;/h1-2,9-19H,3-4H2;1H/t9-,10+,11-,12-,13-,14-;/m0./s1. The van der Waals surface area contributed by atoms with E-state index in [0.717, 1.165) is 11.1 Å². The first kappa shape index (κ1) is 15.8. The summed E-state index contributed by atoms with van der Waals surface area (Å²) in [6.45, 7) is 0.645. The summed E-state index contributed by atoms with van der Waals surface area (Å²) in [7, 11) is 0. The Kier molecular flexibility index (Phi) is 3.96. The molecule has 2 heterocycles. The summed E-state index contributed by atoms with van der Waals surface area (Å²) in [5, 5.41) is 43.3. The van der Waals surface area contributed by atoms with Crippen LogP contribution in [-0.4, -0.2) is 57.7 Å². The van der Waals surface area contributed by atoms with Gasteiger partial charge in [-0.15, -0.1) is 12.4 Å². The van der Waals surface area contributed by atoms with E-state index >= 15 is 0 Å². The number of benzene rings is 1. The highest BCUT2D eigenvalue weighted by molar-refractivity contribution is 5.85. The van der Waals surface area contributed by atoms with Crippen LogP contribution >= 0.6 is 12.4 Å². The van der Waals surface area contributed by atoms with E-state index in [-0.39, 0.29) is 19.2 Å². The van der Waals surface area contributed by atoms with Crippen molar-refractivity contribution < 1.29 is 29.9 Å². The molecule has 0 aromatic heterocycles. The van der Waals surface area contributed by atoms with Gasteiger partial charge in [-0.3, -0.25) is 0 Å². The number of hydrogen-bond acceptors (Lipinski definition) is 7. The third kappa shape index (κ3) is 2.09. The van der Waals surface area contributed by atoms with Crippen molar-refractivity contribution in [2.75, 3.05) is 6.79 Å². The van der Waals surface area contributed by atoms with Gasteiger partial charge in [0, 0.05) is 18.5 Å². The maximum Gasteiger partial charge on any atom is 0.231 e. The fourth-order valence-electron chi connectivity index (χ4n) is 3.57. The molecule has 7 nitrogen and oxygen atoms in total. The Labute approximate surface area is 132 Å². The van der Waals surface area contributed by atoms with Gasteiger partial charge in [0.2, 0.25) is 6.79 Å². The van der Waals surface area contributed by atoms with Gasteiger partial charge in [-0.2, -0.15) is 0 Å². The van der Waals surface area contributed by atoms with E-state index in [2.05, 4.69) is 5.32 Å². The van der Waals surface area contributed by atoms with Crippen LogP contribution in [0, 0.1) is 0 Å². The van der Waals surface area contributed by atoms with Gasteiger partial charge in [0.15, 0.2) is 11.5 Å². The van der Waals surface area contributed by atoms with Crippen LogP contribution < -0.4 is 14.8 Å². The van der Waals surface area contributed by atoms with Crippen molar-refractivity contribution in [3.63, 3.8) is 0 Å². The molecule has 6 atom stereocenters. The molecular weight excluding hydrogens is 314 g/mol. The summed E-state index contributed by atoms with van der Waals surface area (Å²) in [5.74, 6) is 0.730. The third-order valence-corrected chi connectivity index (χ3v) is 4.69. The molecule has 5 N–H and O–H groups in total. The molecule has 4 rings (SSSR count). The lowest BCUT2D eigenvalue weighted by atomic mass is 9.70. The second kappa shape index (κ2) is 5.52. The summed E-state index contributed by atoms with van der Waals surface area (Å²) >= 11 is 0. The van der Waals surface area contributed by atoms with Crippen LogP contribution in [0.25, 0.3) is 0 Å². The van der Waals surface area contributed by atoms with E-state index in [1.54, 1.807) is 6.07 Å². The molecule has 8 heteroatoms. The SMILES string of the molecule is Cl.O[C@@H]1[C@@H](O)[C@@H](O)[C@H]2c3cc4c(cc3CN[C@H]2[C@@H]1O)OCO4. The average molecular weight is 332 g/mol. The molecule has 0 amide bonds. The Morgan fingerprint density at radius 1 is 0.909 bits per heavy atom. The Hall–Kier alpha value is -1.09. The highest BCUT2D eigenvalue weighted by Gasteiger charge is 2.51. The van der Waals surface area contributed by atoms with Crippen molar-refractivity contribution in [2.45, 2.75) is 42.9 Å². The first-order valence-electron chi connectivity index (χ1n) is 6.96. The van der Waals surface area contributed by atoms with Gasteiger partial charge in [-0.05, 0) is 23.3 Å². The highest BCUT2D eigenvalue weighted by Crippen LogP contribution is 2.44. The lowest BCUT2D eigenvalue weighted by Gasteiger charge is -2.47. The number of ether oxygens (including phenoxy) is 2. The van der Waals surface area contributed by atoms with Crippen LogP contribution in [0.3, 0.4) is 0 Å². The quantitative estimate of drug-likeness (QED) is 0.408. The normalized spacial score (nSPS) is 38.7. The van der Waals surface area contributed by atoms with Gasteiger partial charge in [0.25, 0.3) is 0 Å². The van der Waals surface area contributed by atoms with Crippen LogP contribution in [0.4, 0.5) is 0 Å². The smallest absolute Gasteiger partial charge is 0.231 e. The van der Waals surface area contributed by atoms with Gasteiger partial charge in [-0.25, -0.2) is 0 Å². The first-order valence-corrected chi connectivity index (χ1v) is 6.96. The van der Waals surface area contributed by atoms with Gasteiger partial charge >= 0.3 is 0 Å². The van der Waals surface area contributed by atoms with Crippen molar-refractivity contribution in [2.24, 2.45) is 0 Å². The molecule has 1 fully saturated rings. The second-order valence-electron chi connectivity index (χ2n) is 5.80. The molecule has 2 aliphatic heterocycles. The molecule has 0 bridgehead atoms. The van der Waals surface area contributed by atoms with Gasteiger partial charge in [0.1, 0.15) is 12.2 Å². The predicted molar refractivity (Wildman–Crippen MR) is 77.2 cm³/mol.